The summed E-state index contributed by atoms with van der Waals surface area (Å²) < 4.78 is 17.5. The zero-order valence-electron chi connectivity index (χ0n) is 8.03. The van der Waals surface area contributed by atoms with Crippen molar-refractivity contribution < 1.29 is 13.9 Å². The number of esters is 1. The standard InChI is InChI=1S/C11H8FNO2/c1-15-11(14)5-3-8-2-4-9(7-13)10(12)6-8/h2-6H,1H3. The number of halogens is 1. The van der Waals surface area contributed by atoms with E-state index in [1.54, 1.807) is 12.1 Å². The summed E-state index contributed by atoms with van der Waals surface area (Å²) >= 11 is 0. The van der Waals surface area contributed by atoms with Gasteiger partial charge in [0.1, 0.15) is 11.9 Å². The summed E-state index contributed by atoms with van der Waals surface area (Å²) in [5.74, 6) is -1.12. The first-order valence-electron chi connectivity index (χ1n) is 4.13. The molecule has 15 heavy (non-hydrogen) atoms. The van der Waals surface area contributed by atoms with Crippen LogP contribution in [0, 0.1) is 17.1 Å². The number of methoxy groups -OCH3 is 1. The second-order valence-electron chi connectivity index (χ2n) is 2.71. The lowest BCUT2D eigenvalue weighted by molar-refractivity contribution is -0.134. The van der Waals surface area contributed by atoms with Crippen molar-refractivity contribution in [2.45, 2.75) is 0 Å². The topological polar surface area (TPSA) is 50.1 Å². The lowest BCUT2D eigenvalue weighted by Gasteiger charge is -1.95. The Morgan fingerprint density at radius 1 is 1.60 bits per heavy atom. The molecule has 0 saturated carbocycles. The van der Waals surface area contributed by atoms with Crippen molar-refractivity contribution >= 4 is 12.0 Å². The van der Waals surface area contributed by atoms with Crippen molar-refractivity contribution in [2.75, 3.05) is 7.11 Å². The van der Waals surface area contributed by atoms with Crippen LogP contribution in [0.5, 0.6) is 0 Å². The SMILES string of the molecule is COC(=O)C=Cc1ccc(C#N)c(F)c1. The highest BCUT2D eigenvalue weighted by Gasteiger charge is 2.00. The summed E-state index contributed by atoms with van der Waals surface area (Å²) in [6.07, 6.45) is 2.59. The Morgan fingerprint density at radius 2 is 2.33 bits per heavy atom. The van der Waals surface area contributed by atoms with Crippen LogP contribution >= 0.6 is 0 Å². The second kappa shape index (κ2) is 4.91. The molecule has 1 aromatic carbocycles. The van der Waals surface area contributed by atoms with Crippen molar-refractivity contribution in [3.05, 3.63) is 41.2 Å². The van der Waals surface area contributed by atoms with E-state index >= 15 is 0 Å². The van der Waals surface area contributed by atoms with Crippen LogP contribution in [-0.4, -0.2) is 13.1 Å². The average molecular weight is 205 g/mol. The molecule has 0 radical (unpaired) electrons. The van der Waals surface area contributed by atoms with Gasteiger partial charge in [-0.05, 0) is 23.8 Å². The molecule has 0 aromatic heterocycles. The zero-order valence-corrected chi connectivity index (χ0v) is 8.03. The van der Waals surface area contributed by atoms with Gasteiger partial charge in [-0.2, -0.15) is 5.26 Å². The predicted octanol–water partition coefficient (Wildman–Crippen LogP) is 1.88. The molecule has 1 aromatic rings. The van der Waals surface area contributed by atoms with Gasteiger partial charge in [0.15, 0.2) is 0 Å². The van der Waals surface area contributed by atoms with Crippen LogP contribution in [-0.2, 0) is 9.53 Å². The first-order valence-corrected chi connectivity index (χ1v) is 4.13. The van der Waals surface area contributed by atoms with Gasteiger partial charge < -0.3 is 4.74 Å². The molecule has 0 fully saturated rings. The lowest BCUT2D eigenvalue weighted by atomic mass is 10.1. The summed E-state index contributed by atoms with van der Waals surface area (Å²) in [4.78, 5) is 10.7. The van der Waals surface area contributed by atoms with Crippen LogP contribution < -0.4 is 0 Å². The molecular weight excluding hydrogens is 197 g/mol. The van der Waals surface area contributed by atoms with E-state index in [4.69, 9.17) is 5.26 Å². The zero-order chi connectivity index (χ0) is 11.3. The van der Waals surface area contributed by atoms with Crippen LogP contribution in [0.25, 0.3) is 6.08 Å². The first-order chi connectivity index (χ1) is 7.17. The van der Waals surface area contributed by atoms with Gasteiger partial charge >= 0.3 is 5.97 Å². The van der Waals surface area contributed by atoms with E-state index in [1.807, 2.05) is 0 Å². The van der Waals surface area contributed by atoms with Gasteiger partial charge in [-0.15, -0.1) is 0 Å². The fourth-order valence-electron chi connectivity index (χ4n) is 0.958. The van der Waals surface area contributed by atoms with Gasteiger partial charge in [0.05, 0.1) is 12.7 Å². The summed E-state index contributed by atoms with van der Waals surface area (Å²) in [5, 5.41) is 8.48. The van der Waals surface area contributed by atoms with E-state index in [0.29, 0.717) is 5.56 Å². The lowest BCUT2D eigenvalue weighted by Crippen LogP contribution is -1.93. The Balaban J connectivity index is 2.90. The fourth-order valence-corrected chi connectivity index (χ4v) is 0.958. The minimum Gasteiger partial charge on any atom is -0.466 e. The Bertz CT molecular complexity index is 446. The van der Waals surface area contributed by atoms with E-state index in [9.17, 15) is 9.18 Å². The normalized spacial score (nSPS) is 9.93. The summed E-state index contributed by atoms with van der Waals surface area (Å²) in [5.41, 5.74) is 0.474. The molecular formula is C11H8FNO2. The van der Waals surface area contributed by atoms with Crippen molar-refractivity contribution in [1.82, 2.24) is 0 Å². The van der Waals surface area contributed by atoms with Crippen LogP contribution in [0.1, 0.15) is 11.1 Å². The van der Waals surface area contributed by atoms with Crippen molar-refractivity contribution in [3.63, 3.8) is 0 Å². The molecule has 0 aliphatic rings. The number of carbonyl (C=O) groups is 1. The van der Waals surface area contributed by atoms with Crippen molar-refractivity contribution in [1.29, 1.82) is 5.26 Å². The summed E-state index contributed by atoms with van der Waals surface area (Å²) in [6, 6.07) is 5.78. The molecule has 0 aliphatic heterocycles. The maximum atomic E-state index is 13.1. The highest BCUT2D eigenvalue weighted by Crippen LogP contribution is 2.10. The number of carbonyl (C=O) groups excluding carboxylic acids is 1. The molecule has 0 atom stereocenters. The molecule has 0 aliphatic carbocycles. The van der Waals surface area contributed by atoms with Gasteiger partial charge in [0.25, 0.3) is 0 Å². The fraction of sp³-hybridized carbons (Fsp3) is 0.0909. The van der Waals surface area contributed by atoms with E-state index in [-0.39, 0.29) is 5.56 Å². The second-order valence-corrected chi connectivity index (χ2v) is 2.71. The molecule has 0 spiro atoms. The van der Waals surface area contributed by atoms with Gasteiger partial charge in [-0.1, -0.05) is 6.07 Å². The first kappa shape index (κ1) is 10.9. The third kappa shape index (κ3) is 2.92. The largest absolute Gasteiger partial charge is 0.466 e. The van der Waals surface area contributed by atoms with Crippen molar-refractivity contribution in [3.8, 4) is 6.07 Å². The predicted molar refractivity (Wildman–Crippen MR) is 52.2 cm³/mol. The minimum absolute atomic E-state index is 0.0229. The van der Waals surface area contributed by atoms with Crippen LogP contribution in [0.2, 0.25) is 0 Å². The quantitative estimate of drug-likeness (QED) is 0.547. The Morgan fingerprint density at radius 3 is 2.87 bits per heavy atom. The Hall–Kier alpha value is -2.15. The third-order valence-electron chi connectivity index (χ3n) is 1.73. The summed E-state index contributed by atoms with van der Waals surface area (Å²) in [7, 11) is 1.26. The van der Waals surface area contributed by atoms with Gasteiger partial charge in [0, 0.05) is 6.08 Å². The molecule has 1 rings (SSSR count). The Labute approximate surface area is 86.4 Å². The number of nitriles is 1. The van der Waals surface area contributed by atoms with E-state index in [0.717, 1.165) is 0 Å². The monoisotopic (exact) mass is 205 g/mol. The van der Waals surface area contributed by atoms with Crippen LogP contribution in [0.15, 0.2) is 24.3 Å². The molecule has 4 heteroatoms. The van der Waals surface area contributed by atoms with Crippen LogP contribution in [0.4, 0.5) is 4.39 Å². The number of rotatable bonds is 2. The molecule has 0 N–H and O–H groups in total. The average Bonchev–Trinajstić information content (AvgIpc) is 2.26. The van der Waals surface area contributed by atoms with E-state index in [2.05, 4.69) is 4.74 Å². The van der Waals surface area contributed by atoms with Gasteiger partial charge in [-0.25, -0.2) is 9.18 Å². The van der Waals surface area contributed by atoms with Gasteiger partial charge in [0.2, 0.25) is 0 Å². The maximum Gasteiger partial charge on any atom is 0.330 e. The molecule has 76 valence electrons. The number of nitrogens with zero attached hydrogens (tertiary/aromatic N) is 1. The molecule has 0 heterocycles. The number of benzene rings is 1. The van der Waals surface area contributed by atoms with E-state index in [1.165, 1.54) is 31.4 Å². The highest BCUT2D eigenvalue weighted by molar-refractivity contribution is 5.86. The van der Waals surface area contributed by atoms with E-state index < -0.39 is 11.8 Å². The van der Waals surface area contributed by atoms with Crippen molar-refractivity contribution in [2.24, 2.45) is 0 Å². The molecule has 0 saturated heterocycles. The van der Waals surface area contributed by atoms with Gasteiger partial charge in [-0.3, -0.25) is 0 Å². The molecule has 3 nitrogen and oxygen atoms in total. The minimum atomic E-state index is -0.607. The smallest absolute Gasteiger partial charge is 0.330 e. The molecule has 0 amide bonds. The third-order valence-corrected chi connectivity index (χ3v) is 1.73. The molecule has 0 unspecified atom stereocenters. The van der Waals surface area contributed by atoms with Crippen LogP contribution in [0.3, 0.4) is 0 Å². The molecule has 0 bridgehead atoms. The Kier molecular flexibility index (Phi) is 3.58. The number of hydrogen-bond acceptors (Lipinski definition) is 3. The summed E-state index contributed by atoms with van der Waals surface area (Å²) in [6.45, 7) is 0. The highest BCUT2D eigenvalue weighted by atomic mass is 19.1. The number of hydrogen-bond donors (Lipinski definition) is 0. The maximum absolute atomic E-state index is 13.1. The number of ether oxygens (including phenoxy) is 1.